The van der Waals surface area contributed by atoms with Crippen LogP contribution in [0.3, 0.4) is 0 Å². The van der Waals surface area contributed by atoms with Gasteiger partial charge in [0.25, 0.3) is 11.8 Å². The third-order valence-electron chi connectivity index (χ3n) is 4.99. The number of rotatable bonds is 9. The summed E-state index contributed by atoms with van der Waals surface area (Å²) in [6.45, 7) is 1.61. The molecule has 1 saturated heterocycles. The number of hydrazine groups is 1. The zero-order chi connectivity index (χ0) is 25.4. The number of esters is 2. The van der Waals surface area contributed by atoms with Crippen molar-refractivity contribution in [2.45, 2.75) is 19.8 Å². The predicted octanol–water partition coefficient (Wildman–Crippen LogP) is 2.69. The van der Waals surface area contributed by atoms with E-state index in [2.05, 4.69) is 26.7 Å². The van der Waals surface area contributed by atoms with Gasteiger partial charge in [0.1, 0.15) is 0 Å². The van der Waals surface area contributed by atoms with Crippen LogP contribution in [-0.4, -0.2) is 54.4 Å². The number of nitrogens with zero attached hydrogens (tertiary/aromatic N) is 1. The Morgan fingerprint density at radius 3 is 2.31 bits per heavy atom. The summed E-state index contributed by atoms with van der Waals surface area (Å²) in [5.74, 6) is -3.48. The van der Waals surface area contributed by atoms with Crippen molar-refractivity contribution >= 4 is 51.3 Å². The quantitative estimate of drug-likeness (QED) is 0.463. The molecule has 1 aliphatic heterocycles. The van der Waals surface area contributed by atoms with Crippen LogP contribution in [0.5, 0.6) is 0 Å². The minimum absolute atomic E-state index is 0.0584. The van der Waals surface area contributed by atoms with Crippen molar-refractivity contribution < 1.29 is 33.4 Å². The molecule has 3 rings (SSSR count). The summed E-state index contributed by atoms with van der Waals surface area (Å²) in [4.78, 5) is 60.8. The van der Waals surface area contributed by atoms with Crippen LogP contribution in [-0.2, 0) is 23.9 Å². The van der Waals surface area contributed by atoms with E-state index < -0.39 is 42.2 Å². The average molecular weight is 546 g/mol. The van der Waals surface area contributed by atoms with Crippen molar-refractivity contribution in [3.8, 4) is 0 Å². The third kappa shape index (κ3) is 7.38. The van der Waals surface area contributed by atoms with Gasteiger partial charge in [-0.3, -0.25) is 29.6 Å². The normalized spacial score (nSPS) is 14.9. The number of ether oxygens (including phenoxy) is 2. The van der Waals surface area contributed by atoms with Gasteiger partial charge in [0, 0.05) is 22.1 Å². The molecule has 11 heteroatoms. The monoisotopic (exact) mass is 545 g/mol. The van der Waals surface area contributed by atoms with E-state index in [0.29, 0.717) is 29.8 Å². The number of carbonyl (C=O) groups is 5. The van der Waals surface area contributed by atoms with Gasteiger partial charge in [-0.25, -0.2) is 4.79 Å². The molecule has 1 atom stereocenters. The highest BCUT2D eigenvalue weighted by Gasteiger charge is 2.36. The lowest BCUT2D eigenvalue weighted by molar-refractivity contribution is -0.151. The molecule has 2 aromatic carbocycles. The van der Waals surface area contributed by atoms with E-state index in [9.17, 15) is 24.0 Å². The van der Waals surface area contributed by atoms with E-state index in [1.807, 2.05) is 6.92 Å². The molecule has 1 fully saturated rings. The number of anilines is 1. The molecule has 10 nitrogen and oxygen atoms in total. The highest BCUT2D eigenvalue weighted by Crippen LogP contribution is 2.18. The second-order valence-electron chi connectivity index (χ2n) is 7.72. The van der Waals surface area contributed by atoms with Crippen molar-refractivity contribution in [2.75, 3.05) is 25.1 Å². The van der Waals surface area contributed by atoms with Crippen molar-refractivity contribution in [3.05, 3.63) is 64.1 Å². The summed E-state index contributed by atoms with van der Waals surface area (Å²) in [5, 5.41) is 3.63. The highest BCUT2D eigenvalue weighted by atomic mass is 79.9. The second kappa shape index (κ2) is 12.1. The fraction of sp³-hybridized carbons (Fsp3) is 0.292. The zero-order valence-corrected chi connectivity index (χ0v) is 20.5. The Bertz CT molecular complexity index is 1100. The lowest BCUT2D eigenvalue weighted by atomic mass is 10.1. The number of carbonyl (C=O) groups excluding carboxylic acids is 5. The maximum Gasteiger partial charge on any atom is 0.338 e. The fourth-order valence-corrected chi connectivity index (χ4v) is 3.45. The Labute approximate surface area is 210 Å². The molecule has 0 saturated carbocycles. The summed E-state index contributed by atoms with van der Waals surface area (Å²) < 4.78 is 10.9. The Balaban J connectivity index is 1.44. The first-order valence-corrected chi connectivity index (χ1v) is 11.7. The van der Waals surface area contributed by atoms with Crippen molar-refractivity contribution in [1.82, 2.24) is 10.4 Å². The number of hydrogen-bond acceptors (Lipinski definition) is 7. The maximum absolute atomic E-state index is 12.3. The molecule has 1 heterocycles. The van der Waals surface area contributed by atoms with Crippen molar-refractivity contribution in [3.63, 3.8) is 0 Å². The number of hydrogen-bond donors (Lipinski definition) is 2. The molecule has 2 aromatic rings. The van der Waals surface area contributed by atoms with E-state index >= 15 is 0 Å². The molecule has 0 aromatic heterocycles. The van der Waals surface area contributed by atoms with Crippen molar-refractivity contribution in [2.24, 2.45) is 5.92 Å². The zero-order valence-electron chi connectivity index (χ0n) is 18.9. The lowest BCUT2D eigenvalue weighted by Gasteiger charge is -2.17. The molecule has 2 N–H and O–H groups in total. The largest absolute Gasteiger partial charge is 0.462 e. The molecule has 1 aliphatic rings. The van der Waals surface area contributed by atoms with Crippen molar-refractivity contribution in [1.29, 1.82) is 0 Å². The molecule has 0 aliphatic carbocycles. The molecule has 0 unspecified atom stereocenters. The van der Waals surface area contributed by atoms with E-state index in [1.165, 1.54) is 24.3 Å². The van der Waals surface area contributed by atoms with Crippen LogP contribution in [0.25, 0.3) is 0 Å². The first-order chi connectivity index (χ1) is 16.8. The summed E-state index contributed by atoms with van der Waals surface area (Å²) in [6, 6.07) is 12.7. The van der Waals surface area contributed by atoms with E-state index in [-0.39, 0.29) is 13.0 Å². The van der Waals surface area contributed by atoms with Gasteiger partial charge in [-0.15, -0.1) is 0 Å². The third-order valence-corrected chi connectivity index (χ3v) is 5.52. The Morgan fingerprint density at radius 1 is 1.00 bits per heavy atom. The summed E-state index contributed by atoms with van der Waals surface area (Å²) in [6.07, 6.45) is 0.572. The smallest absolute Gasteiger partial charge is 0.338 e. The van der Waals surface area contributed by atoms with Crippen LogP contribution in [0.1, 0.15) is 40.5 Å². The van der Waals surface area contributed by atoms with E-state index in [0.717, 1.165) is 9.48 Å². The van der Waals surface area contributed by atoms with Gasteiger partial charge in [0.15, 0.2) is 6.61 Å². The van der Waals surface area contributed by atoms with Crippen LogP contribution in [0.15, 0.2) is 53.0 Å². The number of amides is 3. The van der Waals surface area contributed by atoms with Gasteiger partial charge in [-0.05, 0) is 55.0 Å². The van der Waals surface area contributed by atoms with E-state index in [1.54, 1.807) is 24.3 Å². The standard InChI is InChI=1S/C24H24BrN3O7/c1-2-11-34-23(32)16-5-9-19(10-6-16)26-20(29)14-35-24(33)17-12-21(30)28(13-17)27-22(31)15-3-7-18(25)8-4-15/h3-10,17H,2,11-14H2,1H3,(H,26,29)(H,27,31)/t17-/m1/s1. The van der Waals surface area contributed by atoms with Gasteiger partial charge in [0.05, 0.1) is 24.6 Å². The Morgan fingerprint density at radius 2 is 1.66 bits per heavy atom. The molecule has 0 spiro atoms. The number of nitrogens with one attached hydrogen (secondary N) is 2. The van der Waals surface area contributed by atoms with Crippen LogP contribution in [0.4, 0.5) is 5.69 Å². The molecular weight excluding hydrogens is 522 g/mol. The first kappa shape index (κ1) is 25.9. The summed E-state index contributed by atoms with van der Waals surface area (Å²) in [7, 11) is 0. The van der Waals surface area contributed by atoms with E-state index in [4.69, 9.17) is 9.47 Å². The summed E-state index contributed by atoms with van der Waals surface area (Å²) in [5.41, 5.74) is 3.60. The van der Waals surface area contributed by atoms with Gasteiger partial charge in [0.2, 0.25) is 5.91 Å². The SMILES string of the molecule is CCCOC(=O)c1ccc(NC(=O)COC(=O)[C@@H]2CC(=O)N(NC(=O)c3ccc(Br)cc3)C2)cc1. The lowest BCUT2D eigenvalue weighted by Crippen LogP contribution is -2.43. The maximum atomic E-state index is 12.3. The molecule has 3 amide bonds. The molecule has 184 valence electrons. The van der Waals surface area contributed by atoms with Crippen LogP contribution in [0, 0.1) is 5.92 Å². The molecule has 0 radical (unpaired) electrons. The van der Waals surface area contributed by atoms with Gasteiger partial charge < -0.3 is 14.8 Å². The Kier molecular flexibility index (Phi) is 8.96. The van der Waals surface area contributed by atoms with Crippen LogP contribution in [0.2, 0.25) is 0 Å². The van der Waals surface area contributed by atoms with Gasteiger partial charge in [-0.1, -0.05) is 22.9 Å². The minimum atomic E-state index is -0.811. The number of halogens is 1. The molecule has 35 heavy (non-hydrogen) atoms. The van der Waals surface area contributed by atoms with Gasteiger partial charge in [-0.2, -0.15) is 0 Å². The minimum Gasteiger partial charge on any atom is -0.462 e. The van der Waals surface area contributed by atoms with Crippen LogP contribution < -0.4 is 10.7 Å². The number of benzene rings is 2. The molecular formula is C24H24BrN3O7. The topological polar surface area (TPSA) is 131 Å². The highest BCUT2D eigenvalue weighted by molar-refractivity contribution is 9.10. The van der Waals surface area contributed by atoms with Gasteiger partial charge >= 0.3 is 11.9 Å². The second-order valence-corrected chi connectivity index (χ2v) is 8.64. The predicted molar refractivity (Wildman–Crippen MR) is 128 cm³/mol. The molecule has 0 bridgehead atoms. The van der Waals surface area contributed by atoms with Crippen LogP contribution >= 0.6 is 15.9 Å². The fourth-order valence-electron chi connectivity index (χ4n) is 3.18. The first-order valence-electron chi connectivity index (χ1n) is 10.9. The average Bonchev–Trinajstić information content (AvgIpc) is 3.21. The Hall–Kier alpha value is -3.73. The summed E-state index contributed by atoms with van der Waals surface area (Å²) >= 11 is 3.28.